The number of carbonyl (C=O) groups is 2. The molecule has 0 saturated heterocycles. The van der Waals surface area contributed by atoms with Gasteiger partial charge in [-0.3, -0.25) is 14.9 Å². The summed E-state index contributed by atoms with van der Waals surface area (Å²) in [7, 11) is 0. The second-order valence-electron chi connectivity index (χ2n) is 7.85. The van der Waals surface area contributed by atoms with Gasteiger partial charge in [-0.05, 0) is 54.7 Å². The van der Waals surface area contributed by atoms with Crippen molar-refractivity contribution in [2.75, 3.05) is 10.6 Å². The number of nitrogens with one attached hydrogen (secondary N) is 3. The summed E-state index contributed by atoms with van der Waals surface area (Å²) in [5.41, 5.74) is 3.93. The molecule has 156 valence electrons. The Morgan fingerprint density at radius 2 is 1.41 bits per heavy atom. The van der Waals surface area contributed by atoms with Crippen LogP contribution in [-0.4, -0.2) is 17.9 Å². The van der Waals surface area contributed by atoms with E-state index in [1.54, 1.807) is 24.3 Å². The Kier molecular flexibility index (Phi) is 8.40. The zero-order chi connectivity index (χ0) is 21.4. The molecular weight excluding hydrogens is 362 g/mol. The van der Waals surface area contributed by atoms with Gasteiger partial charge in [0.05, 0.1) is 6.04 Å². The van der Waals surface area contributed by atoms with Gasteiger partial charge in [0.25, 0.3) is 0 Å². The molecule has 0 spiro atoms. The van der Waals surface area contributed by atoms with Crippen LogP contribution in [0.1, 0.15) is 58.2 Å². The number of anilines is 2. The van der Waals surface area contributed by atoms with Crippen LogP contribution in [0.4, 0.5) is 11.4 Å². The number of carbonyl (C=O) groups excluding carboxylic acids is 2. The van der Waals surface area contributed by atoms with Gasteiger partial charge in [0, 0.05) is 24.3 Å². The molecule has 0 bridgehead atoms. The number of amides is 2. The molecule has 2 aromatic carbocycles. The minimum Gasteiger partial charge on any atom is -0.326 e. The van der Waals surface area contributed by atoms with Crippen LogP contribution in [0.25, 0.3) is 0 Å². The summed E-state index contributed by atoms with van der Waals surface area (Å²) in [6, 6.07) is 15.5. The number of hydrogen-bond donors (Lipinski definition) is 3. The summed E-state index contributed by atoms with van der Waals surface area (Å²) in [5.74, 6) is 0.131. The Bertz CT molecular complexity index is 798. The zero-order valence-corrected chi connectivity index (χ0v) is 18.1. The van der Waals surface area contributed by atoms with Gasteiger partial charge in [-0.15, -0.1) is 0 Å². The second kappa shape index (κ2) is 10.8. The first-order valence-corrected chi connectivity index (χ1v) is 10.3. The van der Waals surface area contributed by atoms with Gasteiger partial charge in [-0.25, -0.2) is 0 Å². The molecule has 0 fully saturated rings. The third kappa shape index (κ3) is 7.02. The van der Waals surface area contributed by atoms with Gasteiger partial charge in [-0.1, -0.05) is 51.5 Å². The Labute approximate surface area is 174 Å². The molecule has 2 atom stereocenters. The highest BCUT2D eigenvalue weighted by Crippen LogP contribution is 2.23. The predicted molar refractivity (Wildman–Crippen MR) is 120 cm³/mol. The highest BCUT2D eigenvalue weighted by Gasteiger charge is 2.22. The molecule has 29 heavy (non-hydrogen) atoms. The molecule has 3 N–H and O–H groups in total. The average Bonchev–Trinajstić information content (AvgIpc) is 2.68. The van der Waals surface area contributed by atoms with Crippen LogP contribution in [0.3, 0.4) is 0 Å². The minimum absolute atomic E-state index is 0.0913. The number of benzene rings is 2. The van der Waals surface area contributed by atoms with Gasteiger partial charge in [0.1, 0.15) is 0 Å². The van der Waals surface area contributed by atoms with Gasteiger partial charge in [-0.2, -0.15) is 0 Å². The quantitative estimate of drug-likeness (QED) is 0.565. The molecule has 0 heterocycles. The lowest BCUT2D eigenvalue weighted by Crippen LogP contribution is -2.41. The maximum Gasteiger partial charge on any atom is 0.241 e. The highest BCUT2D eigenvalue weighted by atomic mass is 16.2. The second-order valence-corrected chi connectivity index (χ2v) is 7.85. The van der Waals surface area contributed by atoms with E-state index in [0.717, 1.165) is 12.8 Å². The van der Waals surface area contributed by atoms with Crippen LogP contribution < -0.4 is 16.0 Å². The maximum atomic E-state index is 12.7. The van der Waals surface area contributed by atoms with Gasteiger partial charge >= 0.3 is 0 Å². The molecule has 0 radical (unpaired) electrons. The van der Waals surface area contributed by atoms with E-state index in [1.165, 1.54) is 18.1 Å². The van der Waals surface area contributed by atoms with Gasteiger partial charge in [0.15, 0.2) is 0 Å². The van der Waals surface area contributed by atoms with Crippen molar-refractivity contribution in [3.63, 3.8) is 0 Å². The van der Waals surface area contributed by atoms with Crippen LogP contribution in [0.15, 0.2) is 48.5 Å². The fraction of sp³-hybridized carbons (Fsp3) is 0.417. The van der Waals surface area contributed by atoms with Gasteiger partial charge in [0.2, 0.25) is 11.8 Å². The topological polar surface area (TPSA) is 70.2 Å². The van der Waals surface area contributed by atoms with Gasteiger partial charge < -0.3 is 10.6 Å². The largest absolute Gasteiger partial charge is 0.326 e. The van der Waals surface area contributed by atoms with Crippen molar-refractivity contribution in [3.05, 3.63) is 59.7 Å². The summed E-state index contributed by atoms with van der Waals surface area (Å²) in [6.07, 6.45) is 2.22. The smallest absolute Gasteiger partial charge is 0.241 e. The third-order valence-corrected chi connectivity index (χ3v) is 4.84. The van der Waals surface area contributed by atoms with Crippen LogP contribution in [0.2, 0.25) is 0 Å². The van der Waals surface area contributed by atoms with Crippen molar-refractivity contribution >= 4 is 23.2 Å². The molecule has 5 nitrogen and oxygen atoms in total. The molecule has 0 aliphatic heterocycles. The predicted octanol–water partition coefficient (Wildman–Crippen LogP) is 4.91. The molecule has 0 saturated carbocycles. The zero-order valence-electron chi connectivity index (χ0n) is 18.1. The van der Waals surface area contributed by atoms with E-state index < -0.39 is 0 Å². The Balaban J connectivity index is 2.00. The standard InChI is InChI=1S/C24H33N3O2/c1-6-7-19-8-10-20(11-9-19)23(16(2)3)25-17(4)24(29)27-22-14-12-21(13-15-22)26-18(5)28/h8-17,23,25H,6-7H2,1-5H3,(H,26,28)(H,27,29)/t17-,23-/m0/s1. The van der Waals surface area contributed by atoms with Crippen molar-refractivity contribution in [2.24, 2.45) is 5.92 Å². The van der Waals surface area contributed by atoms with E-state index in [9.17, 15) is 9.59 Å². The van der Waals surface area contributed by atoms with E-state index in [0.29, 0.717) is 17.3 Å². The van der Waals surface area contributed by atoms with E-state index >= 15 is 0 Å². The van der Waals surface area contributed by atoms with Crippen molar-refractivity contribution in [2.45, 2.75) is 59.5 Å². The molecule has 5 heteroatoms. The average molecular weight is 396 g/mol. The van der Waals surface area contributed by atoms with Crippen molar-refractivity contribution < 1.29 is 9.59 Å². The third-order valence-electron chi connectivity index (χ3n) is 4.84. The first-order valence-electron chi connectivity index (χ1n) is 10.3. The van der Waals surface area contributed by atoms with Crippen LogP contribution in [0, 0.1) is 5.92 Å². The number of aryl methyl sites for hydroxylation is 1. The number of hydrogen-bond acceptors (Lipinski definition) is 3. The Hall–Kier alpha value is -2.66. The van der Waals surface area contributed by atoms with E-state index in [-0.39, 0.29) is 23.9 Å². The Morgan fingerprint density at radius 1 is 0.862 bits per heavy atom. The van der Waals surface area contributed by atoms with E-state index in [4.69, 9.17) is 0 Å². The SMILES string of the molecule is CCCc1ccc([C@@H](N[C@@H](C)C(=O)Nc2ccc(NC(C)=O)cc2)C(C)C)cc1. The summed E-state index contributed by atoms with van der Waals surface area (Å²) in [6.45, 7) is 9.83. The lowest BCUT2D eigenvalue weighted by atomic mass is 9.94. The van der Waals surface area contributed by atoms with Crippen LogP contribution in [-0.2, 0) is 16.0 Å². The fourth-order valence-electron chi connectivity index (χ4n) is 3.29. The molecule has 2 aromatic rings. The van der Waals surface area contributed by atoms with Crippen molar-refractivity contribution in [1.82, 2.24) is 5.32 Å². The normalized spacial score (nSPS) is 13.0. The van der Waals surface area contributed by atoms with Crippen molar-refractivity contribution in [1.29, 1.82) is 0 Å². The van der Waals surface area contributed by atoms with E-state index in [1.807, 2.05) is 6.92 Å². The Morgan fingerprint density at radius 3 is 1.90 bits per heavy atom. The lowest BCUT2D eigenvalue weighted by molar-refractivity contribution is -0.118. The highest BCUT2D eigenvalue weighted by molar-refractivity contribution is 5.95. The molecule has 2 amide bonds. The molecule has 2 rings (SSSR count). The number of rotatable bonds is 9. The molecule has 0 unspecified atom stereocenters. The summed E-state index contributed by atoms with van der Waals surface area (Å²) >= 11 is 0. The monoisotopic (exact) mass is 395 g/mol. The summed E-state index contributed by atoms with van der Waals surface area (Å²) in [4.78, 5) is 23.8. The van der Waals surface area contributed by atoms with Crippen LogP contribution >= 0.6 is 0 Å². The molecule has 0 aliphatic carbocycles. The maximum absolute atomic E-state index is 12.7. The first kappa shape index (κ1) is 22.6. The van der Waals surface area contributed by atoms with E-state index in [2.05, 4.69) is 61.0 Å². The lowest BCUT2D eigenvalue weighted by Gasteiger charge is -2.27. The van der Waals surface area contributed by atoms with Crippen molar-refractivity contribution in [3.8, 4) is 0 Å². The molecule has 0 aliphatic rings. The molecule has 0 aromatic heterocycles. The molecular formula is C24H33N3O2. The first-order chi connectivity index (χ1) is 13.8. The summed E-state index contributed by atoms with van der Waals surface area (Å²) < 4.78 is 0. The fourth-order valence-corrected chi connectivity index (χ4v) is 3.29. The minimum atomic E-state index is -0.354. The van der Waals surface area contributed by atoms with Crippen LogP contribution in [0.5, 0.6) is 0 Å². The summed E-state index contributed by atoms with van der Waals surface area (Å²) in [5, 5.41) is 9.11.